The van der Waals surface area contributed by atoms with Crippen molar-refractivity contribution in [3.8, 4) is 0 Å². The van der Waals surface area contributed by atoms with Crippen LogP contribution in [0.1, 0.15) is 17.2 Å². The molecule has 21 heavy (non-hydrogen) atoms. The van der Waals surface area contributed by atoms with Gasteiger partial charge in [0.1, 0.15) is 17.3 Å². The van der Waals surface area contributed by atoms with E-state index in [-0.39, 0.29) is 12.2 Å². The van der Waals surface area contributed by atoms with E-state index < -0.39 is 11.9 Å². The number of furan rings is 1. The molecule has 0 fully saturated rings. The maximum absolute atomic E-state index is 12.9. The van der Waals surface area contributed by atoms with Gasteiger partial charge in [0.2, 0.25) is 0 Å². The van der Waals surface area contributed by atoms with Crippen molar-refractivity contribution in [3.05, 3.63) is 65.9 Å². The summed E-state index contributed by atoms with van der Waals surface area (Å²) in [6, 6.07) is 9.20. The summed E-state index contributed by atoms with van der Waals surface area (Å²) in [6.07, 6.45) is 3.28. The number of hydrogen-bond acceptors (Lipinski definition) is 3. The van der Waals surface area contributed by atoms with Crippen LogP contribution in [0.3, 0.4) is 0 Å². The Morgan fingerprint density at radius 1 is 1.24 bits per heavy atom. The molecule has 1 aromatic carbocycles. The molecule has 0 aliphatic heterocycles. The number of nitrogens with zero attached hydrogens (tertiary/aromatic N) is 1. The standard InChI is InChI=1S/C16H12FNO3/c17-11-3-1-10(2-4-11)9-13(16(19)20)15-12-6-8-21-14(12)5-7-18-15/h1-8,13H,9H2,(H,19,20). The number of carboxylic acid groups (broad SMARTS) is 1. The average molecular weight is 285 g/mol. The predicted octanol–water partition coefficient (Wildman–Crippen LogP) is 3.38. The second-order valence-electron chi connectivity index (χ2n) is 4.75. The highest BCUT2D eigenvalue weighted by molar-refractivity contribution is 5.86. The zero-order valence-electron chi connectivity index (χ0n) is 11.0. The number of benzene rings is 1. The Labute approximate surface area is 119 Å². The number of pyridine rings is 1. The molecule has 3 rings (SSSR count). The van der Waals surface area contributed by atoms with E-state index in [0.29, 0.717) is 16.7 Å². The summed E-state index contributed by atoms with van der Waals surface area (Å²) < 4.78 is 18.2. The molecule has 5 heteroatoms. The van der Waals surface area contributed by atoms with Crippen molar-refractivity contribution in [2.24, 2.45) is 0 Å². The van der Waals surface area contributed by atoms with Gasteiger partial charge in [-0.3, -0.25) is 9.78 Å². The van der Waals surface area contributed by atoms with Gasteiger partial charge in [-0.1, -0.05) is 12.1 Å². The summed E-state index contributed by atoms with van der Waals surface area (Å²) >= 11 is 0. The Morgan fingerprint density at radius 3 is 2.71 bits per heavy atom. The van der Waals surface area contributed by atoms with Crippen LogP contribution >= 0.6 is 0 Å². The molecule has 1 atom stereocenters. The van der Waals surface area contributed by atoms with Gasteiger partial charge in [0.25, 0.3) is 0 Å². The van der Waals surface area contributed by atoms with E-state index >= 15 is 0 Å². The van der Waals surface area contributed by atoms with E-state index in [2.05, 4.69) is 4.98 Å². The van der Waals surface area contributed by atoms with Crippen molar-refractivity contribution >= 4 is 16.9 Å². The van der Waals surface area contributed by atoms with Crippen molar-refractivity contribution in [2.75, 3.05) is 0 Å². The molecule has 1 N–H and O–H groups in total. The van der Waals surface area contributed by atoms with Crippen LogP contribution in [0.2, 0.25) is 0 Å². The third-order valence-corrected chi connectivity index (χ3v) is 3.39. The first-order chi connectivity index (χ1) is 10.1. The Hall–Kier alpha value is -2.69. The van der Waals surface area contributed by atoms with Crippen molar-refractivity contribution in [2.45, 2.75) is 12.3 Å². The number of halogens is 1. The first-order valence-electron chi connectivity index (χ1n) is 6.44. The smallest absolute Gasteiger partial charge is 0.312 e. The lowest BCUT2D eigenvalue weighted by atomic mass is 9.94. The quantitative estimate of drug-likeness (QED) is 0.798. The second-order valence-corrected chi connectivity index (χ2v) is 4.75. The number of aliphatic carboxylic acids is 1. The number of hydrogen-bond donors (Lipinski definition) is 1. The van der Waals surface area contributed by atoms with Crippen molar-refractivity contribution < 1.29 is 18.7 Å². The first-order valence-corrected chi connectivity index (χ1v) is 6.44. The van der Waals surface area contributed by atoms with E-state index in [1.807, 2.05) is 0 Å². The number of fused-ring (bicyclic) bond motifs is 1. The molecule has 0 spiro atoms. The third kappa shape index (κ3) is 2.63. The highest BCUT2D eigenvalue weighted by Gasteiger charge is 2.24. The summed E-state index contributed by atoms with van der Waals surface area (Å²) in [5, 5.41) is 10.2. The SMILES string of the molecule is O=C(O)C(Cc1ccc(F)cc1)c1nccc2occc12. The molecule has 0 saturated carbocycles. The zero-order valence-corrected chi connectivity index (χ0v) is 11.0. The Balaban J connectivity index is 2.00. The van der Waals surface area contributed by atoms with Crippen LogP contribution in [0.5, 0.6) is 0 Å². The second kappa shape index (κ2) is 5.36. The van der Waals surface area contributed by atoms with Gasteiger partial charge in [-0.2, -0.15) is 0 Å². The lowest BCUT2D eigenvalue weighted by molar-refractivity contribution is -0.138. The minimum Gasteiger partial charge on any atom is -0.481 e. The fourth-order valence-corrected chi connectivity index (χ4v) is 2.35. The molecule has 2 aromatic heterocycles. The lowest BCUT2D eigenvalue weighted by Gasteiger charge is -2.12. The molecule has 0 amide bonds. The van der Waals surface area contributed by atoms with Crippen LogP contribution in [-0.2, 0) is 11.2 Å². The number of carbonyl (C=O) groups is 1. The predicted molar refractivity (Wildman–Crippen MR) is 74.5 cm³/mol. The van der Waals surface area contributed by atoms with Crippen LogP contribution in [-0.4, -0.2) is 16.1 Å². The Kier molecular flexibility index (Phi) is 3.39. The number of aromatic nitrogens is 1. The molecule has 0 aliphatic rings. The normalized spacial score (nSPS) is 12.4. The van der Waals surface area contributed by atoms with Gasteiger partial charge in [-0.05, 0) is 36.2 Å². The molecule has 2 heterocycles. The van der Waals surface area contributed by atoms with E-state index in [1.165, 1.54) is 24.6 Å². The highest BCUT2D eigenvalue weighted by atomic mass is 19.1. The molecule has 106 valence electrons. The number of rotatable bonds is 4. The molecule has 3 aromatic rings. The monoisotopic (exact) mass is 285 g/mol. The minimum absolute atomic E-state index is 0.243. The molecule has 0 bridgehead atoms. The fraction of sp³-hybridized carbons (Fsp3) is 0.125. The van der Waals surface area contributed by atoms with Crippen LogP contribution in [0.25, 0.3) is 11.0 Å². The van der Waals surface area contributed by atoms with Crippen LogP contribution in [0.15, 0.2) is 53.3 Å². The van der Waals surface area contributed by atoms with Crippen molar-refractivity contribution in [1.29, 1.82) is 0 Å². The van der Waals surface area contributed by atoms with Gasteiger partial charge < -0.3 is 9.52 Å². The van der Waals surface area contributed by atoms with E-state index in [1.54, 1.807) is 24.3 Å². The molecular formula is C16H12FNO3. The largest absolute Gasteiger partial charge is 0.481 e. The lowest BCUT2D eigenvalue weighted by Crippen LogP contribution is -2.16. The zero-order chi connectivity index (χ0) is 14.8. The Bertz CT molecular complexity index is 780. The van der Waals surface area contributed by atoms with Gasteiger partial charge in [0, 0.05) is 11.6 Å². The van der Waals surface area contributed by atoms with Gasteiger partial charge in [0.15, 0.2) is 0 Å². The minimum atomic E-state index is -0.972. The summed E-state index contributed by atoms with van der Waals surface area (Å²) in [5.41, 5.74) is 1.80. The molecule has 0 saturated heterocycles. The Morgan fingerprint density at radius 2 is 2.00 bits per heavy atom. The van der Waals surface area contributed by atoms with E-state index in [0.717, 1.165) is 5.56 Å². The van der Waals surface area contributed by atoms with Crippen LogP contribution < -0.4 is 0 Å². The van der Waals surface area contributed by atoms with E-state index in [9.17, 15) is 14.3 Å². The maximum atomic E-state index is 12.9. The summed E-state index contributed by atoms with van der Waals surface area (Å²) in [7, 11) is 0. The van der Waals surface area contributed by atoms with Crippen molar-refractivity contribution in [1.82, 2.24) is 4.98 Å². The topological polar surface area (TPSA) is 63.3 Å². The van der Waals surface area contributed by atoms with Crippen LogP contribution in [0.4, 0.5) is 4.39 Å². The summed E-state index contributed by atoms with van der Waals surface area (Å²) in [4.78, 5) is 15.8. The van der Waals surface area contributed by atoms with Gasteiger partial charge >= 0.3 is 5.97 Å². The molecular weight excluding hydrogens is 273 g/mol. The fourth-order valence-electron chi connectivity index (χ4n) is 2.35. The van der Waals surface area contributed by atoms with Gasteiger partial charge in [-0.15, -0.1) is 0 Å². The summed E-state index contributed by atoms with van der Waals surface area (Å²) in [5.74, 6) is -2.13. The highest BCUT2D eigenvalue weighted by Crippen LogP contribution is 2.27. The molecule has 4 nitrogen and oxygen atoms in total. The van der Waals surface area contributed by atoms with E-state index in [4.69, 9.17) is 4.42 Å². The first kappa shape index (κ1) is 13.3. The van der Waals surface area contributed by atoms with Crippen molar-refractivity contribution in [3.63, 3.8) is 0 Å². The third-order valence-electron chi connectivity index (χ3n) is 3.39. The number of carboxylic acids is 1. The van der Waals surface area contributed by atoms with Gasteiger partial charge in [0.05, 0.1) is 12.0 Å². The average Bonchev–Trinajstić information content (AvgIpc) is 2.95. The molecule has 0 radical (unpaired) electrons. The maximum Gasteiger partial charge on any atom is 0.312 e. The summed E-state index contributed by atoms with van der Waals surface area (Å²) in [6.45, 7) is 0. The molecule has 1 unspecified atom stereocenters. The molecule has 0 aliphatic carbocycles. The van der Waals surface area contributed by atoms with Crippen LogP contribution in [0, 0.1) is 5.82 Å². The van der Waals surface area contributed by atoms with Gasteiger partial charge in [-0.25, -0.2) is 4.39 Å².